The minimum atomic E-state index is -1.62. The van der Waals surface area contributed by atoms with Gasteiger partial charge >= 0.3 is 11.9 Å². The molecule has 0 N–H and O–H groups in total. The molecule has 74 heavy (non-hydrogen) atoms. The SMILES string of the molecule is CC/C=C\C/C=C\C/C=C\C/C=C\CCCCCCCCCCCCCCCCCCCCCCCCCCCCC(=O)OC(COC(=O)CCCCCCC/C=C\CCC)COC(OCC[N+](C)(C)C)C(=O)[O-]. The number of unbranched alkanes of at least 4 members (excludes halogenated alkanes) is 32. The Bertz CT molecular complexity index is 1400. The van der Waals surface area contributed by atoms with Crippen molar-refractivity contribution >= 4 is 17.9 Å². The molecule has 0 aromatic rings. The number of ether oxygens (including phenoxy) is 4. The van der Waals surface area contributed by atoms with E-state index in [1.807, 2.05) is 21.1 Å². The molecule has 0 aliphatic rings. The van der Waals surface area contributed by atoms with Gasteiger partial charge in [-0.2, -0.15) is 0 Å². The zero-order chi connectivity index (χ0) is 54.1. The monoisotopic (exact) mass is 1040 g/mol. The molecule has 9 nitrogen and oxygen atoms in total. The average Bonchev–Trinajstić information content (AvgIpc) is 3.37. The van der Waals surface area contributed by atoms with Crippen LogP contribution in [0.15, 0.2) is 60.8 Å². The van der Waals surface area contributed by atoms with Gasteiger partial charge in [-0.15, -0.1) is 0 Å². The van der Waals surface area contributed by atoms with Gasteiger partial charge in [-0.3, -0.25) is 9.59 Å². The Kier molecular flexibility index (Phi) is 53.9. The van der Waals surface area contributed by atoms with E-state index in [1.54, 1.807) is 0 Å². The molecule has 430 valence electrons. The van der Waals surface area contributed by atoms with Gasteiger partial charge in [-0.1, -0.05) is 254 Å². The molecule has 0 radical (unpaired) electrons. The summed E-state index contributed by atoms with van der Waals surface area (Å²) in [5.41, 5.74) is 0. The lowest BCUT2D eigenvalue weighted by atomic mass is 10.0. The number of esters is 2. The maximum atomic E-state index is 12.8. The lowest BCUT2D eigenvalue weighted by molar-refractivity contribution is -0.870. The van der Waals surface area contributed by atoms with Crippen molar-refractivity contribution in [3.8, 4) is 0 Å². The van der Waals surface area contributed by atoms with Crippen molar-refractivity contribution in [2.45, 2.75) is 289 Å². The predicted molar refractivity (Wildman–Crippen MR) is 311 cm³/mol. The molecule has 2 unspecified atom stereocenters. The highest BCUT2D eigenvalue weighted by molar-refractivity contribution is 5.70. The number of nitrogens with zero attached hydrogens (tertiary/aromatic N) is 1. The second-order valence-corrected chi connectivity index (χ2v) is 22.0. The van der Waals surface area contributed by atoms with Gasteiger partial charge in [0.05, 0.1) is 40.3 Å². The molecule has 0 amide bonds. The summed E-state index contributed by atoms with van der Waals surface area (Å²) in [4.78, 5) is 37.1. The van der Waals surface area contributed by atoms with Crippen molar-refractivity contribution in [3.05, 3.63) is 60.8 Å². The van der Waals surface area contributed by atoms with E-state index in [1.165, 1.54) is 161 Å². The molecule has 0 aromatic carbocycles. The molecule has 0 aliphatic carbocycles. The summed E-state index contributed by atoms with van der Waals surface area (Å²) < 4.78 is 22.6. The van der Waals surface area contributed by atoms with Crippen LogP contribution in [0.4, 0.5) is 0 Å². The molecule has 0 aliphatic heterocycles. The Morgan fingerprint density at radius 3 is 1.16 bits per heavy atom. The largest absolute Gasteiger partial charge is 0.545 e. The highest BCUT2D eigenvalue weighted by Gasteiger charge is 2.22. The first-order valence-corrected chi connectivity index (χ1v) is 30.9. The Hall–Kier alpha value is -3.01. The second kappa shape index (κ2) is 56.2. The third-order valence-corrected chi connectivity index (χ3v) is 13.5. The molecular weight excluding hydrogens is 923 g/mol. The first-order valence-electron chi connectivity index (χ1n) is 30.9. The third kappa shape index (κ3) is 56.7. The summed E-state index contributed by atoms with van der Waals surface area (Å²) in [5, 5.41) is 11.7. The number of carboxylic acids is 1. The number of carbonyl (C=O) groups excluding carboxylic acids is 3. The van der Waals surface area contributed by atoms with Crippen LogP contribution < -0.4 is 5.11 Å². The van der Waals surface area contributed by atoms with Crippen molar-refractivity contribution < 1.29 is 42.9 Å². The molecule has 9 heteroatoms. The van der Waals surface area contributed by atoms with Gasteiger partial charge in [0.15, 0.2) is 12.4 Å². The van der Waals surface area contributed by atoms with Crippen LogP contribution in [0.3, 0.4) is 0 Å². The highest BCUT2D eigenvalue weighted by atomic mass is 16.7. The van der Waals surface area contributed by atoms with Crippen LogP contribution in [-0.4, -0.2) is 82.3 Å². The quantitative estimate of drug-likeness (QED) is 0.0195. The first-order chi connectivity index (χ1) is 36.1. The number of allylic oxidation sites excluding steroid dienone is 10. The van der Waals surface area contributed by atoms with E-state index in [9.17, 15) is 19.5 Å². The standard InChI is InChI=1S/C65H117NO8/c1-6-8-10-12-14-16-18-19-20-21-22-23-24-25-26-27-28-29-30-31-32-33-34-35-36-37-38-39-40-41-42-43-44-45-46-48-50-52-54-56-63(68)74-61(60-73-65(64(69)70)71-58-57-66(3,4)5)59-72-62(67)55-53-51-49-47-17-15-13-11-9-7-2/h8,10-11,13-14,16,19-20,22-23,61,65H,6-7,9,12,15,17-18,21,24-60H2,1-5H3/b10-8-,13-11-,16-14-,20-19-,23-22-. The van der Waals surface area contributed by atoms with Gasteiger partial charge in [0.2, 0.25) is 0 Å². The Morgan fingerprint density at radius 1 is 0.419 bits per heavy atom. The van der Waals surface area contributed by atoms with E-state index < -0.39 is 24.3 Å². The van der Waals surface area contributed by atoms with Crippen molar-refractivity contribution in [1.82, 2.24) is 0 Å². The molecule has 0 rings (SSSR count). The highest BCUT2D eigenvalue weighted by Crippen LogP contribution is 2.17. The summed E-state index contributed by atoms with van der Waals surface area (Å²) >= 11 is 0. The Labute approximate surface area is 456 Å². The van der Waals surface area contributed by atoms with Crippen LogP contribution in [0.1, 0.15) is 277 Å². The van der Waals surface area contributed by atoms with E-state index in [0.717, 1.165) is 83.5 Å². The summed E-state index contributed by atoms with van der Waals surface area (Å²) in [6.45, 7) is 4.58. The smallest absolute Gasteiger partial charge is 0.306 e. The minimum absolute atomic E-state index is 0.147. The van der Waals surface area contributed by atoms with E-state index in [2.05, 4.69) is 74.6 Å². The molecule has 0 aromatic heterocycles. The number of quaternary nitrogens is 1. The summed E-state index contributed by atoms with van der Waals surface area (Å²) in [6, 6.07) is 0. The van der Waals surface area contributed by atoms with E-state index in [0.29, 0.717) is 17.4 Å². The van der Waals surface area contributed by atoms with Gasteiger partial charge in [-0.25, -0.2) is 0 Å². The van der Waals surface area contributed by atoms with Gasteiger partial charge < -0.3 is 33.3 Å². The molecule has 0 heterocycles. The van der Waals surface area contributed by atoms with Gasteiger partial charge in [0.25, 0.3) is 0 Å². The van der Waals surface area contributed by atoms with Crippen LogP contribution in [0.5, 0.6) is 0 Å². The summed E-state index contributed by atoms with van der Waals surface area (Å²) in [5.74, 6) is -2.29. The zero-order valence-electron chi connectivity index (χ0n) is 49.0. The molecular formula is C65H117NO8. The molecule has 0 saturated heterocycles. The van der Waals surface area contributed by atoms with E-state index >= 15 is 0 Å². The average molecular weight is 1040 g/mol. The van der Waals surface area contributed by atoms with Crippen LogP contribution in [0, 0.1) is 0 Å². The van der Waals surface area contributed by atoms with Crippen molar-refractivity contribution in [2.24, 2.45) is 0 Å². The number of likely N-dealkylation sites (N-methyl/N-ethyl adjacent to an activating group) is 1. The maximum absolute atomic E-state index is 12.8. The van der Waals surface area contributed by atoms with Crippen molar-refractivity contribution in [1.29, 1.82) is 0 Å². The van der Waals surface area contributed by atoms with Crippen molar-refractivity contribution in [2.75, 3.05) is 47.5 Å². The van der Waals surface area contributed by atoms with Crippen LogP contribution >= 0.6 is 0 Å². The van der Waals surface area contributed by atoms with Crippen molar-refractivity contribution in [3.63, 3.8) is 0 Å². The number of carbonyl (C=O) groups is 3. The zero-order valence-corrected chi connectivity index (χ0v) is 49.0. The number of hydrogen-bond acceptors (Lipinski definition) is 8. The van der Waals surface area contributed by atoms with Crippen LogP contribution in [-0.2, 0) is 33.3 Å². The van der Waals surface area contributed by atoms with Gasteiger partial charge in [-0.05, 0) is 70.6 Å². The van der Waals surface area contributed by atoms with Crippen LogP contribution in [0.25, 0.3) is 0 Å². The Balaban J connectivity index is 3.88. The maximum Gasteiger partial charge on any atom is 0.306 e. The van der Waals surface area contributed by atoms with E-state index in [-0.39, 0.29) is 38.6 Å². The second-order valence-electron chi connectivity index (χ2n) is 22.0. The first kappa shape index (κ1) is 71.0. The fourth-order valence-corrected chi connectivity index (χ4v) is 8.77. The predicted octanol–water partition coefficient (Wildman–Crippen LogP) is 17.1. The molecule has 0 bridgehead atoms. The molecule has 0 saturated carbocycles. The van der Waals surface area contributed by atoms with E-state index in [4.69, 9.17) is 18.9 Å². The summed E-state index contributed by atoms with van der Waals surface area (Å²) in [6.07, 6.45) is 69.0. The third-order valence-electron chi connectivity index (χ3n) is 13.5. The lowest BCUT2D eigenvalue weighted by Crippen LogP contribution is -2.44. The number of carboxylic acid groups (broad SMARTS) is 1. The lowest BCUT2D eigenvalue weighted by Gasteiger charge is -2.26. The van der Waals surface area contributed by atoms with Crippen LogP contribution in [0.2, 0.25) is 0 Å². The van der Waals surface area contributed by atoms with Gasteiger partial charge in [0.1, 0.15) is 13.2 Å². The van der Waals surface area contributed by atoms with Gasteiger partial charge in [0, 0.05) is 12.8 Å². The number of aliphatic carboxylic acids is 1. The molecule has 2 atom stereocenters. The molecule has 0 fully saturated rings. The topological polar surface area (TPSA) is 111 Å². The fourth-order valence-electron chi connectivity index (χ4n) is 8.77. The normalized spacial score (nSPS) is 13.1. The number of hydrogen-bond donors (Lipinski definition) is 0. The minimum Gasteiger partial charge on any atom is -0.545 e. The Morgan fingerprint density at radius 2 is 0.770 bits per heavy atom. The summed E-state index contributed by atoms with van der Waals surface area (Å²) in [7, 11) is 5.92. The molecule has 0 spiro atoms. The number of rotatable bonds is 57. The fraction of sp³-hybridized carbons (Fsp3) is 0.800.